The maximum atomic E-state index is 2.43. The predicted molar refractivity (Wildman–Crippen MR) is 247 cm³/mol. The average Bonchev–Trinajstić information content (AvgIpc) is 3.73. The molecule has 1 heteroatoms. The number of hydrogen-bond donors (Lipinski definition) is 0. The minimum Gasteiger partial charge on any atom is -0.310 e. The summed E-state index contributed by atoms with van der Waals surface area (Å²) in [5.41, 5.74) is 20.8. The first-order valence-electron chi connectivity index (χ1n) is 20.7. The van der Waals surface area contributed by atoms with Gasteiger partial charge in [0.15, 0.2) is 0 Å². The van der Waals surface area contributed by atoms with E-state index in [4.69, 9.17) is 0 Å². The third-order valence-electron chi connectivity index (χ3n) is 13.0. The van der Waals surface area contributed by atoms with Gasteiger partial charge in [0.25, 0.3) is 0 Å². The molecule has 0 heterocycles. The topological polar surface area (TPSA) is 3.24 Å². The first-order chi connectivity index (χ1) is 29.0. The van der Waals surface area contributed by atoms with Crippen LogP contribution in [0.15, 0.2) is 224 Å². The molecule has 1 nitrogen and oxygen atoms in total. The number of nitrogens with zero attached hydrogens (tertiary/aromatic N) is 1. The molecule has 0 N–H and O–H groups in total. The lowest BCUT2D eigenvalue weighted by Gasteiger charge is -2.34. The van der Waals surface area contributed by atoms with Gasteiger partial charge in [-0.2, -0.15) is 0 Å². The van der Waals surface area contributed by atoms with E-state index in [0.717, 1.165) is 17.1 Å². The molecule has 0 bridgehead atoms. The largest absolute Gasteiger partial charge is 0.310 e. The van der Waals surface area contributed by atoms with Gasteiger partial charge in [-0.05, 0) is 114 Å². The number of benzene rings is 9. The Morgan fingerprint density at radius 2 is 0.797 bits per heavy atom. The number of rotatable bonds is 7. The zero-order valence-corrected chi connectivity index (χ0v) is 33.3. The summed E-state index contributed by atoms with van der Waals surface area (Å²) >= 11 is 0. The van der Waals surface area contributed by atoms with E-state index >= 15 is 0 Å². The Morgan fingerprint density at radius 3 is 1.51 bits per heavy atom. The molecule has 0 spiro atoms. The highest BCUT2D eigenvalue weighted by Crippen LogP contribution is 2.58. The van der Waals surface area contributed by atoms with E-state index in [2.05, 4.69) is 243 Å². The van der Waals surface area contributed by atoms with E-state index in [-0.39, 0.29) is 5.41 Å². The fraction of sp³-hybridized carbons (Fsp3) is 0.0690. The van der Waals surface area contributed by atoms with E-state index in [1.165, 1.54) is 77.9 Å². The van der Waals surface area contributed by atoms with Crippen LogP contribution in [0.25, 0.3) is 44.5 Å². The summed E-state index contributed by atoms with van der Waals surface area (Å²) in [7, 11) is 0. The van der Waals surface area contributed by atoms with Crippen molar-refractivity contribution in [3.05, 3.63) is 258 Å². The van der Waals surface area contributed by atoms with Gasteiger partial charge in [0.1, 0.15) is 0 Å². The van der Waals surface area contributed by atoms with Crippen molar-refractivity contribution in [1.82, 2.24) is 0 Å². The van der Waals surface area contributed by atoms with Crippen LogP contribution in [0, 0.1) is 0 Å². The summed E-state index contributed by atoms with van der Waals surface area (Å²) in [6, 6.07) is 82.9. The predicted octanol–water partition coefficient (Wildman–Crippen LogP) is 15.2. The molecule has 0 atom stereocenters. The highest BCUT2D eigenvalue weighted by atomic mass is 15.1. The van der Waals surface area contributed by atoms with Crippen molar-refractivity contribution in [2.75, 3.05) is 4.90 Å². The Kier molecular flexibility index (Phi) is 8.13. The molecular weight excluding hydrogens is 711 g/mol. The summed E-state index contributed by atoms with van der Waals surface area (Å²) in [4.78, 5) is 2.43. The van der Waals surface area contributed by atoms with Crippen LogP contribution in [-0.2, 0) is 10.8 Å². The van der Waals surface area contributed by atoms with Crippen LogP contribution < -0.4 is 4.90 Å². The number of fused-ring (bicyclic) bond motifs is 6. The molecule has 0 radical (unpaired) electrons. The second kappa shape index (κ2) is 13.7. The average molecular weight is 754 g/mol. The monoisotopic (exact) mass is 753 g/mol. The Bertz CT molecular complexity index is 2960. The van der Waals surface area contributed by atoms with Gasteiger partial charge in [-0.1, -0.05) is 202 Å². The Morgan fingerprint density at radius 1 is 0.305 bits per heavy atom. The van der Waals surface area contributed by atoms with Crippen molar-refractivity contribution in [2.45, 2.75) is 24.7 Å². The third kappa shape index (κ3) is 5.39. The highest BCUT2D eigenvalue weighted by molar-refractivity contribution is 5.96. The van der Waals surface area contributed by atoms with Crippen LogP contribution in [0.1, 0.15) is 47.2 Å². The van der Waals surface area contributed by atoms with Gasteiger partial charge in [0.2, 0.25) is 0 Å². The lowest BCUT2D eigenvalue weighted by Crippen LogP contribution is -2.28. The van der Waals surface area contributed by atoms with Crippen molar-refractivity contribution in [2.24, 2.45) is 0 Å². The van der Waals surface area contributed by atoms with Crippen molar-refractivity contribution in [3.63, 3.8) is 0 Å². The van der Waals surface area contributed by atoms with Gasteiger partial charge >= 0.3 is 0 Å². The van der Waals surface area contributed by atoms with Crippen LogP contribution in [0.4, 0.5) is 17.1 Å². The molecule has 2 aliphatic rings. The first kappa shape index (κ1) is 35.0. The zero-order chi connectivity index (χ0) is 39.6. The lowest BCUT2D eigenvalue weighted by molar-refractivity contribution is 0.660. The van der Waals surface area contributed by atoms with Gasteiger partial charge < -0.3 is 4.90 Å². The van der Waals surface area contributed by atoms with E-state index in [1.807, 2.05) is 0 Å². The fourth-order valence-corrected chi connectivity index (χ4v) is 10.3. The first-order valence-corrected chi connectivity index (χ1v) is 20.7. The van der Waals surface area contributed by atoms with Crippen LogP contribution in [0.5, 0.6) is 0 Å². The Labute approximate surface area is 347 Å². The molecular formula is C58H43N. The normalized spacial score (nSPS) is 13.9. The fourth-order valence-electron chi connectivity index (χ4n) is 10.3. The summed E-state index contributed by atoms with van der Waals surface area (Å²) in [5, 5.41) is 0. The lowest BCUT2D eigenvalue weighted by atomic mass is 9.67. The molecule has 0 aliphatic heterocycles. The molecule has 2 aliphatic carbocycles. The Hall–Kier alpha value is -7.22. The summed E-state index contributed by atoms with van der Waals surface area (Å²) in [6.07, 6.45) is 0. The van der Waals surface area contributed by atoms with Gasteiger partial charge in [-0.15, -0.1) is 0 Å². The van der Waals surface area contributed by atoms with Gasteiger partial charge in [0.05, 0.1) is 5.41 Å². The molecule has 0 saturated heterocycles. The van der Waals surface area contributed by atoms with Crippen molar-refractivity contribution in [1.29, 1.82) is 0 Å². The molecule has 280 valence electrons. The molecule has 0 saturated carbocycles. The zero-order valence-electron chi connectivity index (χ0n) is 33.3. The molecule has 9 aromatic rings. The maximum absolute atomic E-state index is 2.43. The van der Waals surface area contributed by atoms with Crippen LogP contribution in [0.3, 0.4) is 0 Å². The van der Waals surface area contributed by atoms with Crippen LogP contribution >= 0.6 is 0 Å². The molecule has 0 amide bonds. The van der Waals surface area contributed by atoms with Gasteiger partial charge in [0, 0.05) is 22.5 Å². The number of hydrogen-bond acceptors (Lipinski definition) is 1. The van der Waals surface area contributed by atoms with Gasteiger partial charge in [-0.3, -0.25) is 0 Å². The number of anilines is 3. The Balaban J connectivity index is 1.11. The van der Waals surface area contributed by atoms with Crippen LogP contribution in [0.2, 0.25) is 0 Å². The third-order valence-corrected chi connectivity index (χ3v) is 13.0. The molecule has 11 rings (SSSR count). The summed E-state index contributed by atoms with van der Waals surface area (Å²) in [6.45, 7) is 4.70. The highest BCUT2D eigenvalue weighted by Gasteiger charge is 2.46. The molecule has 0 unspecified atom stereocenters. The van der Waals surface area contributed by atoms with E-state index in [0.29, 0.717) is 0 Å². The van der Waals surface area contributed by atoms with Gasteiger partial charge in [-0.25, -0.2) is 0 Å². The molecule has 0 aromatic heterocycles. The van der Waals surface area contributed by atoms with Crippen molar-refractivity contribution in [3.8, 4) is 44.5 Å². The van der Waals surface area contributed by atoms with E-state index in [1.54, 1.807) is 0 Å². The van der Waals surface area contributed by atoms with Crippen molar-refractivity contribution >= 4 is 17.1 Å². The molecule has 9 aromatic carbocycles. The summed E-state index contributed by atoms with van der Waals surface area (Å²) < 4.78 is 0. The van der Waals surface area contributed by atoms with E-state index in [9.17, 15) is 0 Å². The minimum atomic E-state index is -0.455. The molecule has 59 heavy (non-hydrogen) atoms. The van der Waals surface area contributed by atoms with E-state index < -0.39 is 5.41 Å². The molecule has 0 fully saturated rings. The minimum absolute atomic E-state index is 0.0643. The smallest absolute Gasteiger partial charge is 0.0713 e. The SMILES string of the molecule is CC1(C)c2ccccc2-c2cc(N(c3ccc(-c4ccccc4)cc3)c3cccc(-c4cccc5c4-c4ccccc4C5(c4ccccc4)c4ccccc4)c3)ccc21. The van der Waals surface area contributed by atoms with Crippen LogP contribution in [-0.4, -0.2) is 0 Å². The second-order valence-corrected chi connectivity index (χ2v) is 16.5. The summed E-state index contributed by atoms with van der Waals surface area (Å²) in [5.74, 6) is 0. The second-order valence-electron chi connectivity index (χ2n) is 16.5. The maximum Gasteiger partial charge on any atom is 0.0713 e. The van der Waals surface area contributed by atoms with Crippen molar-refractivity contribution < 1.29 is 0 Å². The quantitative estimate of drug-likeness (QED) is 0.157. The standard InChI is InChI=1S/C58H43N/c1-57(2)52-29-14-12-26-49(52)51-39-47(36-37-53(51)57)59(45-34-32-41(33-35-45)40-18-6-3-7-19-40)46-25-16-20-42(38-46)48-28-17-31-55-56(48)50-27-13-15-30-54(50)58(55,43-21-8-4-9-22-43)44-23-10-5-11-24-44/h3-39H,1-2H3.